The minimum Gasteiger partial charge on any atom is -0.385 e. The van der Waals surface area contributed by atoms with E-state index in [0.29, 0.717) is 6.04 Å². The van der Waals surface area contributed by atoms with E-state index in [9.17, 15) is 0 Å². The van der Waals surface area contributed by atoms with E-state index in [0.717, 1.165) is 25.5 Å². The Labute approximate surface area is 83.1 Å². The fraction of sp³-hybridized carbons (Fsp3) is 1.00. The van der Waals surface area contributed by atoms with Crippen LogP contribution in [0.4, 0.5) is 0 Å². The summed E-state index contributed by atoms with van der Waals surface area (Å²) < 4.78 is 5.02. The molecule has 0 bridgehead atoms. The predicted molar refractivity (Wildman–Crippen MR) is 58.0 cm³/mol. The van der Waals surface area contributed by atoms with E-state index in [-0.39, 0.29) is 0 Å². The first-order valence-corrected chi connectivity index (χ1v) is 5.39. The van der Waals surface area contributed by atoms with Crippen molar-refractivity contribution in [2.45, 2.75) is 46.1 Å². The molecular weight excluding hydrogens is 162 g/mol. The molecule has 0 saturated heterocycles. The molecule has 0 aliphatic carbocycles. The molecule has 0 heterocycles. The van der Waals surface area contributed by atoms with Crippen molar-refractivity contribution in [3.8, 4) is 0 Å². The quantitative estimate of drug-likeness (QED) is 0.589. The normalized spacial score (nSPS) is 13.6. The lowest BCUT2D eigenvalue weighted by molar-refractivity contribution is 0.185. The van der Waals surface area contributed by atoms with Gasteiger partial charge in [0.15, 0.2) is 0 Å². The third-order valence-corrected chi connectivity index (χ3v) is 2.21. The first-order chi connectivity index (χ1) is 6.16. The van der Waals surface area contributed by atoms with Crippen LogP contribution in [0.1, 0.15) is 40.0 Å². The Bertz CT molecular complexity index is 104. The van der Waals surface area contributed by atoms with Gasteiger partial charge < -0.3 is 10.1 Å². The van der Waals surface area contributed by atoms with Gasteiger partial charge in [-0.2, -0.15) is 0 Å². The Morgan fingerprint density at radius 1 is 1.15 bits per heavy atom. The smallest absolute Gasteiger partial charge is 0.0476 e. The number of nitrogens with one attached hydrogen (secondary N) is 1. The second-order valence-corrected chi connectivity index (χ2v) is 4.17. The maximum Gasteiger partial charge on any atom is 0.0476 e. The molecule has 0 rings (SSSR count). The van der Waals surface area contributed by atoms with Crippen LogP contribution in [-0.4, -0.2) is 26.3 Å². The van der Waals surface area contributed by atoms with Gasteiger partial charge in [0.25, 0.3) is 0 Å². The second kappa shape index (κ2) is 8.52. The van der Waals surface area contributed by atoms with Crippen LogP contribution in [0.5, 0.6) is 0 Å². The molecule has 13 heavy (non-hydrogen) atoms. The van der Waals surface area contributed by atoms with Crippen LogP contribution in [0.2, 0.25) is 0 Å². The van der Waals surface area contributed by atoms with Gasteiger partial charge in [0.1, 0.15) is 0 Å². The second-order valence-electron chi connectivity index (χ2n) is 4.17. The molecular formula is C11H25NO. The van der Waals surface area contributed by atoms with Gasteiger partial charge in [-0.05, 0) is 38.6 Å². The minimum atomic E-state index is 0.590. The Morgan fingerprint density at radius 3 is 2.38 bits per heavy atom. The zero-order valence-electron chi connectivity index (χ0n) is 9.60. The summed E-state index contributed by atoms with van der Waals surface area (Å²) >= 11 is 0. The molecule has 0 aromatic rings. The molecule has 0 spiro atoms. The highest BCUT2D eigenvalue weighted by atomic mass is 16.5. The van der Waals surface area contributed by atoms with Crippen molar-refractivity contribution in [1.29, 1.82) is 0 Å². The summed E-state index contributed by atoms with van der Waals surface area (Å²) in [6.45, 7) is 8.76. The minimum absolute atomic E-state index is 0.590. The summed E-state index contributed by atoms with van der Waals surface area (Å²) in [5.41, 5.74) is 0. The predicted octanol–water partition coefficient (Wildman–Crippen LogP) is 2.44. The Kier molecular flexibility index (Phi) is 8.46. The molecule has 0 aliphatic heterocycles. The van der Waals surface area contributed by atoms with Crippen LogP contribution in [0.15, 0.2) is 0 Å². The summed E-state index contributed by atoms with van der Waals surface area (Å²) in [6, 6.07) is 0.590. The highest BCUT2D eigenvalue weighted by Gasteiger charge is 2.00. The first-order valence-electron chi connectivity index (χ1n) is 5.39. The van der Waals surface area contributed by atoms with Crippen molar-refractivity contribution in [1.82, 2.24) is 5.32 Å². The number of hydrogen-bond acceptors (Lipinski definition) is 2. The summed E-state index contributed by atoms with van der Waals surface area (Å²) in [7, 11) is 1.76. The van der Waals surface area contributed by atoms with E-state index < -0.39 is 0 Å². The third-order valence-electron chi connectivity index (χ3n) is 2.21. The van der Waals surface area contributed by atoms with E-state index in [4.69, 9.17) is 4.74 Å². The zero-order valence-corrected chi connectivity index (χ0v) is 9.60. The van der Waals surface area contributed by atoms with Gasteiger partial charge in [-0.15, -0.1) is 0 Å². The molecule has 0 aliphatic rings. The van der Waals surface area contributed by atoms with Gasteiger partial charge in [-0.3, -0.25) is 0 Å². The van der Waals surface area contributed by atoms with Gasteiger partial charge in [-0.1, -0.05) is 13.8 Å². The fourth-order valence-electron chi connectivity index (χ4n) is 1.26. The highest BCUT2D eigenvalue weighted by Crippen LogP contribution is 2.02. The Morgan fingerprint density at radius 2 is 1.85 bits per heavy atom. The lowest BCUT2D eigenvalue weighted by Gasteiger charge is -2.13. The van der Waals surface area contributed by atoms with Gasteiger partial charge in [0.2, 0.25) is 0 Å². The molecule has 80 valence electrons. The van der Waals surface area contributed by atoms with Crippen molar-refractivity contribution < 1.29 is 4.74 Å². The number of hydrogen-bond donors (Lipinski definition) is 1. The highest BCUT2D eigenvalue weighted by molar-refractivity contribution is 4.60. The SMILES string of the molecule is COCCC(C)NCCCC(C)C. The molecule has 0 aromatic carbocycles. The Hall–Kier alpha value is -0.0800. The van der Waals surface area contributed by atoms with Crippen molar-refractivity contribution in [2.75, 3.05) is 20.3 Å². The molecule has 1 unspecified atom stereocenters. The van der Waals surface area contributed by atoms with Crippen molar-refractivity contribution >= 4 is 0 Å². The molecule has 0 amide bonds. The van der Waals surface area contributed by atoms with Gasteiger partial charge in [-0.25, -0.2) is 0 Å². The van der Waals surface area contributed by atoms with Crippen LogP contribution in [0.3, 0.4) is 0 Å². The maximum absolute atomic E-state index is 5.02. The Balaban J connectivity index is 3.12. The lowest BCUT2D eigenvalue weighted by Crippen LogP contribution is -2.28. The number of rotatable bonds is 8. The van der Waals surface area contributed by atoms with Crippen LogP contribution < -0.4 is 5.32 Å². The molecule has 1 atom stereocenters. The molecule has 0 aromatic heterocycles. The summed E-state index contributed by atoms with van der Waals surface area (Å²) in [6.07, 6.45) is 3.72. The van der Waals surface area contributed by atoms with Crippen LogP contribution in [-0.2, 0) is 4.74 Å². The van der Waals surface area contributed by atoms with Crippen molar-refractivity contribution in [2.24, 2.45) is 5.92 Å². The van der Waals surface area contributed by atoms with Gasteiger partial charge >= 0.3 is 0 Å². The molecule has 0 fully saturated rings. The van der Waals surface area contributed by atoms with Gasteiger partial charge in [0, 0.05) is 19.8 Å². The van der Waals surface area contributed by atoms with Crippen LogP contribution >= 0.6 is 0 Å². The van der Waals surface area contributed by atoms with Crippen LogP contribution in [0, 0.1) is 5.92 Å². The molecule has 0 radical (unpaired) electrons. The molecule has 0 saturated carbocycles. The average molecular weight is 187 g/mol. The zero-order chi connectivity index (χ0) is 10.1. The monoisotopic (exact) mass is 187 g/mol. The molecule has 2 heteroatoms. The first kappa shape index (κ1) is 12.9. The summed E-state index contributed by atoms with van der Waals surface area (Å²) in [5.74, 6) is 0.830. The summed E-state index contributed by atoms with van der Waals surface area (Å²) in [4.78, 5) is 0. The van der Waals surface area contributed by atoms with E-state index >= 15 is 0 Å². The van der Waals surface area contributed by atoms with E-state index in [1.165, 1.54) is 12.8 Å². The van der Waals surface area contributed by atoms with Crippen LogP contribution in [0.25, 0.3) is 0 Å². The summed E-state index contributed by atoms with van der Waals surface area (Å²) in [5, 5.41) is 3.49. The van der Waals surface area contributed by atoms with E-state index in [1.807, 2.05) is 0 Å². The number of methoxy groups -OCH3 is 1. The third kappa shape index (κ3) is 9.84. The van der Waals surface area contributed by atoms with Gasteiger partial charge in [0.05, 0.1) is 0 Å². The number of ether oxygens (including phenoxy) is 1. The van der Waals surface area contributed by atoms with Crippen molar-refractivity contribution in [3.63, 3.8) is 0 Å². The largest absolute Gasteiger partial charge is 0.385 e. The van der Waals surface area contributed by atoms with E-state index in [2.05, 4.69) is 26.1 Å². The molecule has 2 nitrogen and oxygen atoms in total. The average Bonchev–Trinajstić information content (AvgIpc) is 2.08. The molecule has 1 N–H and O–H groups in total. The fourth-order valence-corrected chi connectivity index (χ4v) is 1.26. The standard InChI is InChI=1S/C11H25NO/c1-10(2)6-5-8-12-11(3)7-9-13-4/h10-12H,5-9H2,1-4H3. The topological polar surface area (TPSA) is 21.3 Å². The van der Waals surface area contributed by atoms with Crippen molar-refractivity contribution in [3.05, 3.63) is 0 Å². The maximum atomic E-state index is 5.02. The lowest BCUT2D eigenvalue weighted by atomic mass is 10.1. The van der Waals surface area contributed by atoms with E-state index in [1.54, 1.807) is 7.11 Å².